The molecule has 2 aromatic carbocycles. The van der Waals surface area contributed by atoms with Gasteiger partial charge < -0.3 is 4.74 Å². The summed E-state index contributed by atoms with van der Waals surface area (Å²) in [6.45, 7) is 2.31. The van der Waals surface area contributed by atoms with Crippen LogP contribution in [0.15, 0.2) is 47.4 Å². The summed E-state index contributed by atoms with van der Waals surface area (Å²) in [5.74, 6) is -0.728. The fourth-order valence-corrected chi connectivity index (χ4v) is 5.73. The Kier molecular flexibility index (Phi) is 5.11. The molecule has 0 bridgehead atoms. The summed E-state index contributed by atoms with van der Waals surface area (Å²) >= 11 is 0. The third-order valence-corrected chi connectivity index (χ3v) is 7.43. The van der Waals surface area contributed by atoms with E-state index in [2.05, 4.69) is 4.90 Å². The number of nitrogens with zero attached hydrogens (tertiary/aromatic N) is 2. The van der Waals surface area contributed by atoms with Gasteiger partial charge in [0.05, 0.1) is 12.0 Å². The monoisotopic (exact) mass is 408 g/mol. The number of hydrogen-bond donors (Lipinski definition) is 0. The summed E-state index contributed by atoms with van der Waals surface area (Å²) in [6, 6.07) is 10.7. The number of likely N-dealkylation sites (tertiary alicyclic amines) is 1. The van der Waals surface area contributed by atoms with Crippen LogP contribution in [0.25, 0.3) is 0 Å². The van der Waals surface area contributed by atoms with Gasteiger partial charge in [-0.15, -0.1) is 0 Å². The zero-order valence-electron chi connectivity index (χ0n) is 15.5. The van der Waals surface area contributed by atoms with Gasteiger partial charge in [-0.05, 0) is 36.2 Å². The van der Waals surface area contributed by atoms with E-state index in [9.17, 15) is 17.2 Å². The van der Waals surface area contributed by atoms with E-state index >= 15 is 0 Å². The fourth-order valence-electron chi connectivity index (χ4n) is 4.18. The van der Waals surface area contributed by atoms with Crippen LogP contribution in [0.4, 0.5) is 8.78 Å². The first-order valence-electron chi connectivity index (χ1n) is 9.20. The first-order valence-corrected chi connectivity index (χ1v) is 10.6. The number of rotatable bonds is 5. The number of ether oxygens (including phenoxy) is 1. The predicted octanol–water partition coefficient (Wildman–Crippen LogP) is 2.87. The Labute approximate surface area is 163 Å². The van der Waals surface area contributed by atoms with E-state index in [1.54, 1.807) is 7.11 Å². The summed E-state index contributed by atoms with van der Waals surface area (Å²) in [5.41, 5.74) is 1.16. The van der Waals surface area contributed by atoms with E-state index in [1.807, 2.05) is 24.3 Å². The third-order valence-electron chi connectivity index (χ3n) is 5.59. The minimum Gasteiger partial charge on any atom is -0.497 e. The lowest BCUT2D eigenvalue weighted by Gasteiger charge is -2.53. The van der Waals surface area contributed by atoms with Crippen LogP contribution >= 0.6 is 0 Å². The van der Waals surface area contributed by atoms with Crippen molar-refractivity contribution in [1.29, 1.82) is 0 Å². The van der Waals surface area contributed by atoms with Gasteiger partial charge in [0.25, 0.3) is 0 Å². The molecule has 2 atom stereocenters. The molecule has 8 heteroatoms. The van der Waals surface area contributed by atoms with E-state index in [-0.39, 0.29) is 10.8 Å². The molecule has 0 radical (unpaired) electrons. The van der Waals surface area contributed by atoms with E-state index < -0.39 is 21.7 Å². The molecule has 0 saturated carbocycles. The molecule has 0 spiro atoms. The molecule has 5 nitrogen and oxygen atoms in total. The van der Waals surface area contributed by atoms with Crippen molar-refractivity contribution >= 4 is 10.0 Å². The smallest absolute Gasteiger partial charge is 0.243 e. The Hall–Kier alpha value is -2.03. The van der Waals surface area contributed by atoms with Crippen molar-refractivity contribution < 1.29 is 21.9 Å². The third kappa shape index (κ3) is 3.64. The Bertz CT molecular complexity index is 963. The minimum atomic E-state index is -3.90. The Morgan fingerprint density at radius 1 is 1.11 bits per heavy atom. The van der Waals surface area contributed by atoms with Crippen molar-refractivity contribution in [3.05, 3.63) is 59.7 Å². The second kappa shape index (κ2) is 7.42. The number of halogens is 2. The van der Waals surface area contributed by atoms with Gasteiger partial charge >= 0.3 is 0 Å². The van der Waals surface area contributed by atoms with Crippen LogP contribution in [0, 0.1) is 17.6 Å². The Morgan fingerprint density at radius 3 is 2.54 bits per heavy atom. The largest absolute Gasteiger partial charge is 0.497 e. The highest BCUT2D eigenvalue weighted by atomic mass is 32.2. The molecule has 0 aromatic heterocycles. The molecule has 0 N–H and O–H groups in total. The van der Waals surface area contributed by atoms with Gasteiger partial charge in [0.15, 0.2) is 0 Å². The number of methoxy groups -OCH3 is 1. The van der Waals surface area contributed by atoms with E-state index in [1.165, 1.54) is 4.31 Å². The van der Waals surface area contributed by atoms with Crippen molar-refractivity contribution in [2.24, 2.45) is 5.92 Å². The van der Waals surface area contributed by atoms with Crippen LogP contribution < -0.4 is 4.74 Å². The van der Waals surface area contributed by atoms with Gasteiger partial charge in [0.2, 0.25) is 10.0 Å². The molecule has 2 heterocycles. The maximum Gasteiger partial charge on any atom is 0.243 e. The quantitative estimate of drug-likeness (QED) is 0.764. The van der Waals surface area contributed by atoms with Crippen molar-refractivity contribution in [2.75, 3.05) is 26.7 Å². The molecule has 0 unspecified atom stereocenters. The summed E-state index contributed by atoms with van der Waals surface area (Å²) < 4.78 is 59.1. The highest BCUT2D eigenvalue weighted by molar-refractivity contribution is 7.89. The number of benzene rings is 2. The maximum atomic E-state index is 13.4. The molecule has 4 rings (SSSR count). The van der Waals surface area contributed by atoms with Gasteiger partial charge in [-0.2, -0.15) is 4.31 Å². The molecule has 28 heavy (non-hydrogen) atoms. The molecule has 2 aliphatic rings. The van der Waals surface area contributed by atoms with Gasteiger partial charge in [0.1, 0.15) is 17.4 Å². The molecular weight excluding hydrogens is 386 g/mol. The Balaban J connectivity index is 1.42. The van der Waals surface area contributed by atoms with E-state index in [4.69, 9.17) is 4.74 Å². The SMILES string of the molecule is COc1cccc(CN2C[C@@H]3CN(S(=O)(=O)c4cc(F)cc(F)c4)CC[C@@H]32)c1. The zero-order chi connectivity index (χ0) is 19.9. The summed E-state index contributed by atoms with van der Waals surface area (Å²) in [7, 11) is -2.26. The van der Waals surface area contributed by atoms with Gasteiger partial charge in [0, 0.05) is 44.2 Å². The molecule has 2 fully saturated rings. The lowest BCUT2D eigenvalue weighted by molar-refractivity contribution is -0.0306. The number of sulfonamides is 1. The van der Waals surface area contributed by atoms with Crippen LogP contribution in [-0.4, -0.2) is 50.4 Å². The molecule has 2 aliphatic heterocycles. The lowest BCUT2D eigenvalue weighted by Crippen LogP contribution is -2.63. The molecule has 2 saturated heterocycles. The lowest BCUT2D eigenvalue weighted by atomic mass is 9.83. The summed E-state index contributed by atoms with van der Waals surface area (Å²) in [5, 5.41) is 0. The maximum absolute atomic E-state index is 13.4. The fraction of sp³-hybridized carbons (Fsp3) is 0.400. The van der Waals surface area contributed by atoms with Gasteiger partial charge in [-0.3, -0.25) is 4.90 Å². The second-order valence-electron chi connectivity index (χ2n) is 7.37. The Morgan fingerprint density at radius 2 is 1.86 bits per heavy atom. The average molecular weight is 408 g/mol. The minimum absolute atomic E-state index is 0.229. The molecule has 0 amide bonds. The van der Waals surface area contributed by atoms with Crippen molar-refractivity contribution in [1.82, 2.24) is 9.21 Å². The van der Waals surface area contributed by atoms with Crippen molar-refractivity contribution in [3.63, 3.8) is 0 Å². The van der Waals surface area contributed by atoms with Gasteiger partial charge in [-0.25, -0.2) is 17.2 Å². The standard InChI is InChI=1S/C20H22F2N2O3S/c1-27-18-4-2-3-14(7-18)11-23-12-15-13-24(6-5-20(15)23)28(25,26)19-9-16(21)8-17(22)10-19/h2-4,7-10,15,20H,5-6,11-13H2,1H3/t15-,20+/m1/s1. The van der Waals surface area contributed by atoms with Crippen LogP contribution in [0.5, 0.6) is 5.75 Å². The van der Waals surface area contributed by atoms with Crippen molar-refractivity contribution in [2.45, 2.75) is 23.9 Å². The van der Waals surface area contributed by atoms with Crippen LogP contribution in [-0.2, 0) is 16.6 Å². The molecule has 2 aromatic rings. The first-order chi connectivity index (χ1) is 13.4. The topological polar surface area (TPSA) is 49.9 Å². The second-order valence-corrected chi connectivity index (χ2v) is 9.30. The van der Waals surface area contributed by atoms with Crippen molar-refractivity contribution in [3.8, 4) is 5.75 Å². The highest BCUT2D eigenvalue weighted by Crippen LogP contribution is 2.36. The predicted molar refractivity (Wildman–Crippen MR) is 100 cm³/mol. The normalized spacial score (nSPS) is 23.1. The van der Waals surface area contributed by atoms with Crippen LogP contribution in [0.3, 0.4) is 0 Å². The van der Waals surface area contributed by atoms with Gasteiger partial charge in [-0.1, -0.05) is 12.1 Å². The number of fused-ring (bicyclic) bond motifs is 1. The summed E-state index contributed by atoms with van der Waals surface area (Å²) in [6.07, 6.45) is 0.700. The highest BCUT2D eigenvalue weighted by Gasteiger charge is 2.45. The zero-order valence-corrected chi connectivity index (χ0v) is 16.3. The molecular formula is C20H22F2N2O3S. The average Bonchev–Trinajstić information content (AvgIpc) is 2.65. The molecule has 150 valence electrons. The van der Waals surface area contributed by atoms with Crippen LogP contribution in [0.2, 0.25) is 0 Å². The number of hydrogen-bond acceptors (Lipinski definition) is 4. The van der Waals surface area contributed by atoms with E-state index in [0.29, 0.717) is 31.6 Å². The summed E-state index contributed by atoms with van der Waals surface area (Å²) in [4.78, 5) is 2.02. The number of piperidine rings is 1. The van der Waals surface area contributed by atoms with E-state index in [0.717, 1.165) is 36.5 Å². The first kappa shape index (κ1) is 19.3. The molecule has 0 aliphatic carbocycles. The van der Waals surface area contributed by atoms with Crippen LogP contribution in [0.1, 0.15) is 12.0 Å².